The van der Waals surface area contributed by atoms with E-state index in [1.165, 1.54) is 0 Å². The van der Waals surface area contributed by atoms with Gasteiger partial charge in [-0.05, 0) is 23.7 Å². The Kier molecular flexibility index (Phi) is 1.39. The van der Waals surface area contributed by atoms with Crippen LogP contribution in [0.15, 0.2) is 0 Å². The van der Waals surface area contributed by atoms with E-state index in [2.05, 4.69) is 13.8 Å². The lowest BCUT2D eigenvalue weighted by molar-refractivity contribution is -0.120. The van der Waals surface area contributed by atoms with Gasteiger partial charge in [-0.3, -0.25) is 4.79 Å². The Morgan fingerprint density at radius 1 is 1.45 bits per heavy atom. The van der Waals surface area contributed by atoms with Gasteiger partial charge < -0.3 is 0 Å². The average Bonchev–Trinajstić information content (AvgIpc) is 2.39. The van der Waals surface area contributed by atoms with E-state index in [0.29, 0.717) is 11.3 Å². The van der Waals surface area contributed by atoms with Gasteiger partial charge in [0.1, 0.15) is 0 Å². The van der Waals surface area contributed by atoms with Crippen LogP contribution in [0.5, 0.6) is 0 Å². The molecule has 3 atom stereocenters. The highest BCUT2D eigenvalue weighted by atomic mass is 35.5. The number of carbonyl (C=O) groups is 1. The molecule has 11 heavy (non-hydrogen) atoms. The van der Waals surface area contributed by atoms with E-state index < -0.39 is 0 Å². The summed E-state index contributed by atoms with van der Waals surface area (Å²) in [5, 5.41) is -0.182. The number of carbonyl (C=O) groups excluding carboxylic acids is 1. The lowest BCUT2D eigenvalue weighted by Crippen LogP contribution is -2.20. The van der Waals surface area contributed by atoms with Gasteiger partial charge in [0.2, 0.25) is 0 Å². The molecule has 2 fully saturated rings. The molecular weight excluding hydrogens is 160 g/mol. The number of hydrogen-bond acceptors (Lipinski definition) is 1. The number of Topliss-reactive ketones (excluding diaryl/α,β-unsaturated/α-hetero) is 1. The molecule has 2 rings (SSSR count). The topological polar surface area (TPSA) is 17.1 Å². The van der Waals surface area contributed by atoms with Crippen LogP contribution in [0.1, 0.15) is 26.7 Å². The third-order valence-corrected chi connectivity index (χ3v) is 3.94. The predicted octanol–water partition coefficient (Wildman–Crippen LogP) is 2.23. The van der Waals surface area contributed by atoms with Crippen LogP contribution in [-0.4, -0.2) is 11.2 Å². The lowest BCUT2D eigenvalue weighted by Gasteiger charge is -2.12. The van der Waals surface area contributed by atoms with E-state index in [1.807, 2.05) is 0 Å². The molecule has 0 heterocycles. The molecule has 0 aromatic carbocycles. The second-order valence-electron chi connectivity index (χ2n) is 4.41. The highest BCUT2D eigenvalue weighted by Gasteiger charge is 2.60. The molecule has 62 valence electrons. The van der Waals surface area contributed by atoms with Crippen LogP contribution >= 0.6 is 11.6 Å². The molecule has 0 amide bonds. The summed E-state index contributed by atoms with van der Waals surface area (Å²) >= 11 is 5.87. The molecular formula is C9H13ClO. The van der Waals surface area contributed by atoms with Crippen molar-refractivity contribution in [2.45, 2.75) is 32.1 Å². The molecule has 0 radical (unpaired) electrons. The smallest absolute Gasteiger partial charge is 0.150 e. The van der Waals surface area contributed by atoms with Crippen molar-refractivity contribution in [3.05, 3.63) is 0 Å². The molecule has 2 aliphatic carbocycles. The molecule has 2 unspecified atom stereocenters. The van der Waals surface area contributed by atoms with Crippen molar-refractivity contribution >= 4 is 17.4 Å². The minimum atomic E-state index is -0.182. The molecule has 2 heteroatoms. The molecule has 0 saturated heterocycles. The van der Waals surface area contributed by atoms with Gasteiger partial charge in [0.15, 0.2) is 5.78 Å². The molecule has 0 aromatic heterocycles. The van der Waals surface area contributed by atoms with Gasteiger partial charge in [0.05, 0.1) is 5.38 Å². The normalized spacial score (nSPS) is 46.8. The van der Waals surface area contributed by atoms with E-state index in [1.54, 1.807) is 0 Å². The number of ketones is 1. The van der Waals surface area contributed by atoms with Crippen molar-refractivity contribution in [1.82, 2.24) is 0 Å². The Bertz CT molecular complexity index is 210. The van der Waals surface area contributed by atoms with Crippen LogP contribution in [0.3, 0.4) is 0 Å². The largest absolute Gasteiger partial charge is 0.298 e. The zero-order valence-corrected chi connectivity index (χ0v) is 7.69. The van der Waals surface area contributed by atoms with E-state index in [-0.39, 0.29) is 11.2 Å². The molecule has 0 aliphatic heterocycles. The molecule has 1 nitrogen and oxygen atoms in total. The summed E-state index contributed by atoms with van der Waals surface area (Å²) in [6, 6.07) is 0. The second kappa shape index (κ2) is 2.01. The van der Waals surface area contributed by atoms with E-state index in [0.717, 1.165) is 18.8 Å². The number of hydrogen-bond donors (Lipinski definition) is 0. The average molecular weight is 173 g/mol. The van der Waals surface area contributed by atoms with Crippen molar-refractivity contribution in [1.29, 1.82) is 0 Å². The first-order chi connectivity index (χ1) is 5.03. The zero-order valence-electron chi connectivity index (χ0n) is 6.93. The summed E-state index contributed by atoms with van der Waals surface area (Å²) in [7, 11) is 0. The van der Waals surface area contributed by atoms with Crippen molar-refractivity contribution in [2.24, 2.45) is 17.3 Å². The minimum Gasteiger partial charge on any atom is -0.298 e. The van der Waals surface area contributed by atoms with Crippen LogP contribution in [0.25, 0.3) is 0 Å². The standard InChI is InChI=1S/C9H13ClO/c1-9(2)5-3-7(10)8(11)4-6(5)9/h5-7H,3-4H2,1-2H3/t5?,6?,7-/m1/s1. The Morgan fingerprint density at radius 3 is 2.64 bits per heavy atom. The highest BCUT2D eigenvalue weighted by molar-refractivity contribution is 6.31. The summed E-state index contributed by atoms with van der Waals surface area (Å²) in [5.74, 6) is 1.63. The monoisotopic (exact) mass is 172 g/mol. The molecule has 0 aromatic rings. The SMILES string of the molecule is CC1(C)C2CC(=O)[C@H](Cl)CC21. The Hall–Kier alpha value is -0.0400. The van der Waals surface area contributed by atoms with Crippen LogP contribution < -0.4 is 0 Å². The maximum Gasteiger partial charge on any atom is 0.150 e. The first-order valence-electron chi connectivity index (χ1n) is 4.20. The minimum absolute atomic E-state index is 0.182. The maximum absolute atomic E-state index is 11.2. The fourth-order valence-electron chi connectivity index (χ4n) is 2.43. The molecule has 0 spiro atoms. The third-order valence-electron chi connectivity index (χ3n) is 3.52. The van der Waals surface area contributed by atoms with Crippen LogP contribution in [0.2, 0.25) is 0 Å². The molecule has 0 bridgehead atoms. The zero-order chi connectivity index (χ0) is 8.22. The Morgan fingerprint density at radius 2 is 2.09 bits per heavy atom. The highest BCUT2D eigenvalue weighted by Crippen LogP contribution is 2.64. The van der Waals surface area contributed by atoms with Crippen LogP contribution in [0, 0.1) is 17.3 Å². The van der Waals surface area contributed by atoms with Gasteiger partial charge in [0, 0.05) is 6.42 Å². The van der Waals surface area contributed by atoms with Gasteiger partial charge in [-0.2, -0.15) is 0 Å². The van der Waals surface area contributed by atoms with Gasteiger partial charge in [-0.1, -0.05) is 13.8 Å². The number of fused-ring (bicyclic) bond motifs is 1. The summed E-state index contributed by atoms with van der Waals surface area (Å²) in [6.45, 7) is 4.48. The summed E-state index contributed by atoms with van der Waals surface area (Å²) in [5.41, 5.74) is 0.402. The van der Waals surface area contributed by atoms with Crippen LogP contribution in [0.4, 0.5) is 0 Å². The van der Waals surface area contributed by atoms with Gasteiger partial charge in [0.25, 0.3) is 0 Å². The van der Waals surface area contributed by atoms with Crippen molar-refractivity contribution in [2.75, 3.05) is 0 Å². The van der Waals surface area contributed by atoms with Crippen LogP contribution in [-0.2, 0) is 4.79 Å². The molecule has 2 saturated carbocycles. The van der Waals surface area contributed by atoms with E-state index in [4.69, 9.17) is 11.6 Å². The number of rotatable bonds is 0. The summed E-state index contributed by atoms with van der Waals surface area (Å²) in [6.07, 6.45) is 1.64. The molecule has 0 N–H and O–H groups in total. The Labute approximate surface area is 72.1 Å². The van der Waals surface area contributed by atoms with Crippen molar-refractivity contribution in [3.8, 4) is 0 Å². The summed E-state index contributed by atoms with van der Waals surface area (Å²) in [4.78, 5) is 11.2. The van der Waals surface area contributed by atoms with Gasteiger partial charge in [-0.15, -0.1) is 11.6 Å². The first kappa shape index (κ1) is 7.60. The van der Waals surface area contributed by atoms with E-state index in [9.17, 15) is 4.79 Å². The van der Waals surface area contributed by atoms with Crippen molar-refractivity contribution in [3.63, 3.8) is 0 Å². The first-order valence-corrected chi connectivity index (χ1v) is 4.64. The van der Waals surface area contributed by atoms with Crippen molar-refractivity contribution < 1.29 is 4.79 Å². The molecule has 2 aliphatic rings. The van der Waals surface area contributed by atoms with E-state index >= 15 is 0 Å². The maximum atomic E-state index is 11.2. The fourth-order valence-corrected chi connectivity index (χ4v) is 2.71. The fraction of sp³-hybridized carbons (Fsp3) is 0.889. The summed E-state index contributed by atoms with van der Waals surface area (Å²) < 4.78 is 0. The second-order valence-corrected chi connectivity index (χ2v) is 4.93. The number of halogens is 1. The third kappa shape index (κ3) is 0.936. The number of alkyl halides is 1. The van der Waals surface area contributed by atoms with Gasteiger partial charge >= 0.3 is 0 Å². The predicted molar refractivity (Wildman–Crippen MR) is 44.6 cm³/mol. The van der Waals surface area contributed by atoms with Gasteiger partial charge in [-0.25, -0.2) is 0 Å². The quantitative estimate of drug-likeness (QED) is 0.513. The lowest BCUT2D eigenvalue weighted by atomic mass is 9.99. The Balaban J connectivity index is 2.12.